The second-order valence-corrected chi connectivity index (χ2v) is 4.60. The third kappa shape index (κ3) is 3.31. The predicted molar refractivity (Wildman–Crippen MR) is 66.8 cm³/mol. The van der Waals surface area contributed by atoms with Gasteiger partial charge in [0.2, 0.25) is 0 Å². The van der Waals surface area contributed by atoms with Gasteiger partial charge in [-0.2, -0.15) is 0 Å². The molecule has 0 aliphatic carbocycles. The van der Waals surface area contributed by atoms with Crippen molar-refractivity contribution in [3.05, 3.63) is 58.3 Å². The molecule has 2 aromatic rings. The van der Waals surface area contributed by atoms with Crippen molar-refractivity contribution in [1.82, 2.24) is 9.97 Å². The number of aromatic nitrogens is 2. The fraction of sp³-hybridized carbons (Fsp3) is 0.167. The summed E-state index contributed by atoms with van der Waals surface area (Å²) in [5, 5.41) is 0. The SMILES string of the molecule is NC(Cc1ccc(Br)cn1)c1ccc(F)cn1. The highest BCUT2D eigenvalue weighted by atomic mass is 79.9. The van der Waals surface area contributed by atoms with E-state index in [4.69, 9.17) is 5.73 Å². The van der Waals surface area contributed by atoms with E-state index in [0.717, 1.165) is 10.2 Å². The lowest BCUT2D eigenvalue weighted by Crippen LogP contribution is -2.15. The van der Waals surface area contributed by atoms with Gasteiger partial charge in [-0.3, -0.25) is 9.97 Å². The van der Waals surface area contributed by atoms with Crippen molar-refractivity contribution >= 4 is 15.9 Å². The van der Waals surface area contributed by atoms with Crippen LogP contribution in [0.1, 0.15) is 17.4 Å². The molecule has 0 aromatic carbocycles. The number of hydrogen-bond donors (Lipinski definition) is 1. The third-order valence-corrected chi connectivity index (χ3v) is 2.82. The Morgan fingerprint density at radius 2 is 2.00 bits per heavy atom. The van der Waals surface area contributed by atoms with Crippen molar-refractivity contribution in [1.29, 1.82) is 0 Å². The molecule has 0 amide bonds. The first-order valence-corrected chi connectivity index (χ1v) is 5.92. The van der Waals surface area contributed by atoms with Crippen LogP contribution in [0.25, 0.3) is 0 Å². The number of halogens is 2. The zero-order valence-electron chi connectivity index (χ0n) is 8.98. The van der Waals surface area contributed by atoms with Gasteiger partial charge in [0, 0.05) is 22.8 Å². The van der Waals surface area contributed by atoms with Crippen molar-refractivity contribution in [2.75, 3.05) is 0 Å². The van der Waals surface area contributed by atoms with Crippen LogP contribution in [0.3, 0.4) is 0 Å². The first-order valence-electron chi connectivity index (χ1n) is 5.12. The molecule has 2 N–H and O–H groups in total. The molecule has 88 valence electrons. The summed E-state index contributed by atoms with van der Waals surface area (Å²) < 4.78 is 13.6. The zero-order chi connectivity index (χ0) is 12.3. The standard InChI is InChI=1S/C12H11BrFN3/c13-8-1-3-10(16-6-8)5-11(15)12-4-2-9(14)7-17-12/h1-4,6-7,11H,5,15H2. The first kappa shape index (κ1) is 12.1. The molecule has 0 aliphatic heterocycles. The molecule has 0 spiro atoms. The maximum absolute atomic E-state index is 12.7. The molecule has 0 aliphatic rings. The molecule has 0 radical (unpaired) electrons. The molecule has 0 saturated heterocycles. The van der Waals surface area contributed by atoms with E-state index in [1.807, 2.05) is 12.1 Å². The first-order chi connectivity index (χ1) is 8.15. The molecule has 17 heavy (non-hydrogen) atoms. The minimum Gasteiger partial charge on any atom is -0.322 e. The van der Waals surface area contributed by atoms with Crippen LogP contribution in [0, 0.1) is 5.82 Å². The number of hydrogen-bond acceptors (Lipinski definition) is 3. The molecule has 1 atom stereocenters. The van der Waals surface area contributed by atoms with Gasteiger partial charge in [-0.15, -0.1) is 0 Å². The largest absolute Gasteiger partial charge is 0.322 e. The highest BCUT2D eigenvalue weighted by Crippen LogP contribution is 2.14. The molecular weight excluding hydrogens is 285 g/mol. The van der Waals surface area contributed by atoms with Gasteiger partial charge < -0.3 is 5.73 Å². The van der Waals surface area contributed by atoms with Crippen molar-refractivity contribution in [3.63, 3.8) is 0 Å². The minimum absolute atomic E-state index is 0.274. The van der Waals surface area contributed by atoms with Crippen LogP contribution < -0.4 is 5.73 Å². The smallest absolute Gasteiger partial charge is 0.141 e. The number of nitrogens with two attached hydrogens (primary N) is 1. The summed E-state index contributed by atoms with van der Waals surface area (Å²) in [5.41, 5.74) is 7.52. The van der Waals surface area contributed by atoms with E-state index in [0.29, 0.717) is 12.1 Å². The highest BCUT2D eigenvalue weighted by Gasteiger charge is 2.09. The molecular formula is C12H11BrFN3. The van der Waals surface area contributed by atoms with Gasteiger partial charge in [-0.25, -0.2) is 4.39 Å². The molecule has 0 saturated carbocycles. The Hall–Kier alpha value is -1.33. The molecule has 3 nitrogen and oxygen atoms in total. The van der Waals surface area contributed by atoms with Gasteiger partial charge in [-0.1, -0.05) is 0 Å². The fourth-order valence-corrected chi connectivity index (χ4v) is 1.70. The van der Waals surface area contributed by atoms with Crippen LogP contribution in [-0.2, 0) is 6.42 Å². The van der Waals surface area contributed by atoms with Crippen LogP contribution in [0.4, 0.5) is 4.39 Å². The summed E-state index contributed by atoms with van der Waals surface area (Å²) in [5.74, 6) is -0.359. The van der Waals surface area contributed by atoms with Gasteiger partial charge in [-0.05, 0) is 40.2 Å². The molecule has 2 heterocycles. The lowest BCUT2D eigenvalue weighted by atomic mass is 10.1. The molecule has 5 heteroatoms. The quantitative estimate of drug-likeness (QED) is 0.947. The number of nitrogens with zero attached hydrogens (tertiary/aromatic N) is 2. The Morgan fingerprint density at radius 3 is 2.59 bits per heavy atom. The molecule has 2 rings (SSSR count). The lowest BCUT2D eigenvalue weighted by molar-refractivity contribution is 0.611. The second kappa shape index (κ2) is 5.33. The molecule has 0 bridgehead atoms. The van der Waals surface area contributed by atoms with Gasteiger partial charge in [0.25, 0.3) is 0 Å². The summed E-state index contributed by atoms with van der Waals surface area (Å²) in [6.45, 7) is 0. The Bertz CT molecular complexity index is 484. The Kier molecular flexibility index (Phi) is 3.81. The van der Waals surface area contributed by atoms with Crippen LogP contribution >= 0.6 is 15.9 Å². The van der Waals surface area contributed by atoms with E-state index in [9.17, 15) is 4.39 Å². The van der Waals surface area contributed by atoms with Gasteiger partial charge in [0.1, 0.15) is 5.82 Å². The average Bonchev–Trinajstić information content (AvgIpc) is 2.33. The topological polar surface area (TPSA) is 51.8 Å². The lowest BCUT2D eigenvalue weighted by Gasteiger charge is -2.10. The predicted octanol–water partition coefficient (Wildman–Crippen LogP) is 2.62. The summed E-state index contributed by atoms with van der Waals surface area (Å²) in [4.78, 5) is 8.19. The molecule has 1 unspecified atom stereocenters. The Balaban J connectivity index is 2.08. The summed E-state index contributed by atoms with van der Waals surface area (Å²) in [7, 11) is 0. The van der Waals surface area contributed by atoms with E-state index in [1.54, 1.807) is 12.3 Å². The van der Waals surface area contributed by atoms with E-state index in [-0.39, 0.29) is 11.9 Å². The minimum atomic E-state index is -0.359. The summed E-state index contributed by atoms with van der Waals surface area (Å²) in [6.07, 6.45) is 3.47. The number of rotatable bonds is 3. The summed E-state index contributed by atoms with van der Waals surface area (Å²) >= 11 is 3.32. The van der Waals surface area contributed by atoms with E-state index in [1.165, 1.54) is 12.3 Å². The van der Waals surface area contributed by atoms with E-state index >= 15 is 0 Å². The maximum atomic E-state index is 12.7. The van der Waals surface area contributed by atoms with Crippen LogP contribution in [0.5, 0.6) is 0 Å². The van der Waals surface area contributed by atoms with Crippen LogP contribution in [-0.4, -0.2) is 9.97 Å². The van der Waals surface area contributed by atoms with Crippen LogP contribution in [0.15, 0.2) is 41.1 Å². The number of pyridine rings is 2. The zero-order valence-corrected chi connectivity index (χ0v) is 10.6. The highest BCUT2D eigenvalue weighted by molar-refractivity contribution is 9.10. The molecule has 2 aromatic heterocycles. The Morgan fingerprint density at radius 1 is 1.18 bits per heavy atom. The van der Waals surface area contributed by atoms with Crippen molar-refractivity contribution in [2.45, 2.75) is 12.5 Å². The van der Waals surface area contributed by atoms with Crippen molar-refractivity contribution < 1.29 is 4.39 Å². The fourth-order valence-electron chi connectivity index (χ4n) is 1.46. The monoisotopic (exact) mass is 295 g/mol. The van der Waals surface area contributed by atoms with Crippen LogP contribution in [0.2, 0.25) is 0 Å². The normalized spacial score (nSPS) is 12.4. The summed E-state index contributed by atoms with van der Waals surface area (Å²) in [6, 6.07) is 6.49. The average molecular weight is 296 g/mol. The third-order valence-electron chi connectivity index (χ3n) is 2.35. The maximum Gasteiger partial charge on any atom is 0.141 e. The van der Waals surface area contributed by atoms with E-state index < -0.39 is 0 Å². The van der Waals surface area contributed by atoms with Gasteiger partial charge >= 0.3 is 0 Å². The molecule has 0 fully saturated rings. The van der Waals surface area contributed by atoms with Crippen molar-refractivity contribution in [3.8, 4) is 0 Å². The van der Waals surface area contributed by atoms with E-state index in [2.05, 4.69) is 25.9 Å². The van der Waals surface area contributed by atoms with Gasteiger partial charge in [0.15, 0.2) is 0 Å². The van der Waals surface area contributed by atoms with Gasteiger partial charge in [0.05, 0.1) is 17.9 Å². The van der Waals surface area contributed by atoms with Crippen molar-refractivity contribution in [2.24, 2.45) is 5.73 Å². The Labute approximate surface area is 107 Å². The second-order valence-electron chi connectivity index (χ2n) is 3.68.